The second-order valence-corrected chi connectivity index (χ2v) is 12.7. The number of piperazine rings is 1. The third-order valence-electron chi connectivity index (χ3n) is 7.21. The summed E-state index contributed by atoms with van der Waals surface area (Å²) < 4.78 is 73.8. The van der Waals surface area contributed by atoms with Gasteiger partial charge in [-0.1, -0.05) is 13.0 Å². The van der Waals surface area contributed by atoms with Gasteiger partial charge in [-0.2, -0.15) is 17.5 Å². The monoisotopic (exact) mass is 579 g/mol. The van der Waals surface area contributed by atoms with Gasteiger partial charge in [0.1, 0.15) is 4.21 Å². The van der Waals surface area contributed by atoms with Crippen LogP contribution in [0, 0.1) is 0 Å². The highest BCUT2D eigenvalue weighted by molar-refractivity contribution is 7.91. The van der Waals surface area contributed by atoms with E-state index in [4.69, 9.17) is 4.74 Å². The summed E-state index contributed by atoms with van der Waals surface area (Å²) in [7, 11) is -3.74. The first-order valence-corrected chi connectivity index (χ1v) is 14.6. The highest BCUT2D eigenvalue weighted by Gasteiger charge is 2.51. The Balaban J connectivity index is 1.65. The summed E-state index contributed by atoms with van der Waals surface area (Å²) in [5.74, 6) is 0.131. The van der Waals surface area contributed by atoms with Crippen LogP contribution in [-0.4, -0.2) is 108 Å². The Morgan fingerprint density at radius 2 is 1.84 bits per heavy atom. The molecule has 2 aliphatic rings. The topological polar surface area (TPSA) is 119 Å². The van der Waals surface area contributed by atoms with E-state index in [-0.39, 0.29) is 48.5 Å². The van der Waals surface area contributed by atoms with Crippen LogP contribution in [0.4, 0.5) is 19.1 Å². The lowest BCUT2D eigenvalue weighted by molar-refractivity contribution is -0.259. The molecule has 0 saturated carbocycles. The lowest BCUT2D eigenvalue weighted by Gasteiger charge is -2.47. The molecular weight excluding hydrogens is 547 g/mol. The first-order valence-electron chi connectivity index (χ1n) is 12.3. The van der Waals surface area contributed by atoms with E-state index in [1.54, 1.807) is 22.4 Å². The van der Waals surface area contributed by atoms with Crippen LogP contribution in [0.15, 0.2) is 34.1 Å². The molecule has 4 atom stereocenters. The Kier molecular flexibility index (Phi) is 8.67. The summed E-state index contributed by atoms with van der Waals surface area (Å²) in [5.41, 5.74) is -3.61. The molecule has 4 heterocycles. The number of ether oxygens (including phenoxy) is 1. The average Bonchev–Trinajstić information content (AvgIpc) is 3.44. The van der Waals surface area contributed by atoms with Crippen LogP contribution in [-0.2, 0) is 20.4 Å². The number of nitrogens with zero attached hydrogens (tertiary/aromatic N) is 5. The molecule has 2 saturated heterocycles. The van der Waals surface area contributed by atoms with Gasteiger partial charge in [-0.05, 0) is 24.8 Å². The molecule has 0 bridgehead atoms. The van der Waals surface area contributed by atoms with Gasteiger partial charge < -0.3 is 19.8 Å². The van der Waals surface area contributed by atoms with E-state index in [1.807, 2.05) is 6.92 Å². The number of anilines is 1. The Morgan fingerprint density at radius 3 is 2.42 bits per heavy atom. The van der Waals surface area contributed by atoms with Gasteiger partial charge in [-0.15, -0.1) is 11.3 Å². The minimum absolute atomic E-state index is 0.00259. The van der Waals surface area contributed by atoms with Crippen molar-refractivity contribution in [2.45, 2.75) is 54.4 Å². The van der Waals surface area contributed by atoms with E-state index in [2.05, 4.69) is 14.9 Å². The average molecular weight is 580 g/mol. The molecule has 4 unspecified atom stereocenters. The minimum Gasteiger partial charge on any atom is -0.395 e. The van der Waals surface area contributed by atoms with Crippen LogP contribution >= 0.6 is 11.3 Å². The van der Waals surface area contributed by atoms with Crippen molar-refractivity contribution >= 4 is 27.3 Å². The molecule has 0 spiro atoms. The quantitative estimate of drug-likeness (QED) is 0.481. The standard InChI is InChI=1S/C23H32F3N5O5S2/c1-3-17-14-36-15-19(13-32)31(17)12-18-11-29(38(34,35)20-5-4-8-37-20)6-7-30(18)21-27-9-16(10-28-21)22(2,33)23(24,25)26/h4-5,8-10,17-19,32-33H,3,6-7,11-15H2,1-2H3. The molecule has 10 nitrogen and oxygen atoms in total. The van der Waals surface area contributed by atoms with Crippen LogP contribution in [0.2, 0.25) is 0 Å². The predicted octanol–water partition coefficient (Wildman–Crippen LogP) is 1.66. The molecule has 0 aromatic carbocycles. The van der Waals surface area contributed by atoms with Gasteiger partial charge in [0.25, 0.3) is 10.0 Å². The minimum atomic E-state index is -4.91. The van der Waals surface area contributed by atoms with Gasteiger partial charge in [-0.25, -0.2) is 18.4 Å². The molecule has 4 rings (SSSR count). The number of rotatable bonds is 8. The summed E-state index contributed by atoms with van der Waals surface area (Å²) in [4.78, 5) is 12.2. The van der Waals surface area contributed by atoms with E-state index in [9.17, 15) is 31.8 Å². The first kappa shape index (κ1) is 29.1. The van der Waals surface area contributed by atoms with Crippen LogP contribution in [0.5, 0.6) is 0 Å². The summed E-state index contributed by atoms with van der Waals surface area (Å²) in [6, 6.07) is 2.46. The van der Waals surface area contributed by atoms with Crippen LogP contribution in [0.25, 0.3) is 0 Å². The number of thiophene rings is 1. The van der Waals surface area contributed by atoms with Crippen molar-refractivity contribution in [3.63, 3.8) is 0 Å². The molecule has 2 aromatic rings. The van der Waals surface area contributed by atoms with Gasteiger partial charge in [0, 0.05) is 50.2 Å². The Hall–Kier alpha value is -1.88. The van der Waals surface area contributed by atoms with Crippen molar-refractivity contribution in [2.24, 2.45) is 0 Å². The maximum atomic E-state index is 13.3. The highest BCUT2D eigenvalue weighted by Crippen LogP contribution is 2.38. The molecule has 0 amide bonds. The van der Waals surface area contributed by atoms with Gasteiger partial charge in [0.2, 0.25) is 5.95 Å². The van der Waals surface area contributed by atoms with Gasteiger partial charge >= 0.3 is 6.18 Å². The molecule has 15 heteroatoms. The van der Waals surface area contributed by atoms with E-state index in [0.717, 1.165) is 30.2 Å². The molecule has 212 valence electrons. The lowest BCUT2D eigenvalue weighted by atomic mass is 9.99. The second-order valence-electron chi connectivity index (χ2n) is 9.62. The normalized spacial score (nSPS) is 25.9. The molecule has 2 fully saturated rings. The van der Waals surface area contributed by atoms with E-state index in [0.29, 0.717) is 26.7 Å². The maximum Gasteiger partial charge on any atom is 0.421 e. The zero-order valence-electron chi connectivity index (χ0n) is 21.1. The van der Waals surface area contributed by atoms with Crippen molar-refractivity contribution in [3.8, 4) is 0 Å². The van der Waals surface area contributed by atoms with Crippen molar-refractivity contribution in [2.75, 3.05) is 50.9 Å². The summed E-state index contributed by atoms with van der Waals surface area (Å²) in [5, 5.41) is 21.7. The van der Waals surface area contributed by atoms with Gasteiger partial charge in [-0.3, -0.25) is 4.90 Å². The zero-order valence-corrected chi connectivity index (χ0v) is 22.7. The number of alkyl halides is 3. The number of hydrogen-bond donors (Lipinski definition) is 2. The number of aromatic nitrogens is 2. The van der Waals surface area contributed by atoms with Crippen LogP contribution < -0.4 is 4.90 Å². The number of halogens is 3. The van der Waals surface area contributed by atoms with E-state index < -0.39 is 33.4 Å². The van der Waals surface area contributed by atoms with Crippen molar-refractivity contribution < 1.29 is 36.5 Å². The first-order chi connectivity index (χ1) is 17.9. The Bertz CT molecular complexity index is 1150. The fourth-order valence-electron chi connectivity index (χ4n) is 4.77. The molecule has 2 N–H and O–H groups in total. The smallest absolute Gasteiger partial charge is 0.395 e. The fraction of sp³-hybridized carbons (Fsp3) is 0.652. The van der Waals surface area contributed by atoms with E-state index in [1.165, 1.54) is 4.31 Å². The fourth-order valence-corrected chi connectivity index (χ4v) is 7.38. The SMILES string of the molecule is CCC1COCC(CO)N1CC1CN(S(=O)(=O)c2cccs2)CCN1c1ncc(C(C)(O)C(F)(F)F)cn1. The Labute approximate surface area is 223 Å². The summed E-state index contributed by atoms with van der Waals surface area (Å²) in [6.07, 6.45) is -2.27. The zero-order chi connectivity index (χ0) is 27.7. The molecule has 0 aliphatic carbocycles. The summed E-state index contributed by atoms with van der Waals surface area (Å²) in [6.45, 7) is 4.08. The molecule has 2 aromatic heterocycles. The largest absolute Gasteiger partial charge is 0.421 e. The van der Waals surface area contributed by atoms with Gasteiger partial charge in [0.15, 0.2) is 5.60 Å². The summed E-state index contributed by atoms with van der Waals surface area (Å²) >= 11 is 1.13. The Morgan fingerprint density at radius 1 is 1.16 bits per heavy atom. The second kappa shape index (κ2) is 11.3. The van der Waals surface area contributed by atoms with Crippen LogP contribution in [0.1, 0.15) is 25.8 Å². The number of aliphatic hydroxyl groups is 2. The van der Waals surface area contributed by atoms with Gasteiger partial charge in [0.05, 0.1) is 31.9 Å². The molecule has 0 radical (unpaired) electrons. The van der Waals surface area contributed by atoms with E-state index >= 15 is 0 Å². The third kappa shape index (κ3) is 5.69. The molecular formula is C23H32F3N5O5S2. The molecule has 2 aliphatic heterocycles. The maximum absolute atomic E-state index is 13.3. The predicted molar refractivity (Wildman–Crippen MR) is 134 cm³/mol. The van der Waals surface area contributed by atoms with Crippen molar-refractivity contribution in [1.29, 1.82) is 0 Å². The van der Waals surface area contributed by atoms with Crippen LogP contribution in [0.3, 0.4) is 0 Å². The van der Waals surface area contributed by atoms with Crippen molar-refractivity contribution in [1.82, 2.24) is 19.2 Å². The van der Waals surface area contributed by atoms with Crippen molar-refractivity contribution in [3.05, 3.63) is 35.5 Å². The number of aliphatic hydroxyl groups excluding tert-OH is 1. The number of morpholine rings is 1. The number of sulfonamides is 1. The highest BCUT2D eigenvalue weighted by atomic mass is 32.2. The molecule has 38 heavy (non-hydrogen) atoms. The number of hydrogen-bond acceptors (Lipinski definition) is 10. The third-order valence-corrected chi connectivity index (χ3v) is 10.4. The lowest BCUT2D eigenvalue weighted by Crippen LogP contribution is -2.63.